The minimum Gasteiger partial charge on any atom is -0.326 e. The third-order valence-electron chi connectivity index (χ3n) is 4.22. The summed E-state index contributed by atoms with van der Waals surface area (Å²) in [5.74, 6) is -0.0439. The van der Waals surface area contributed by atoms with Gasteiger partial charge >= 0.3 is 0 Å². The van der Waals surface area contributed by atoms with Crippen LogP contribution in [-0.2, 0) is 11.3 Å². The zero-order chi connectivity index (χ0) is 16.1. The SMILES string of the molecule is CC(=O)Nc1ccc(CN2CCCC[C@H]2c2ccncn2)cc1. The molecule has 1 aliphatic heterocycles. The van der Waals surface area contributed by atoms with Gasteiger partial charge in [-0.15, -0.1) is 0 Å². The molecule has 1 N–H and O–H groups in total. The molecule has 0 aliphatic carbocycles. The molecule has 5 nitrogen and oxygen atoms in total. The highest BCUT2D eigenvalue weighted by atomic mass is 16.1. The fraction of sp³-hybridized carbons (Fsp3) is 0.389. The lowest BCUT2D eigenvalue weighted by atomic mass is 9.98. The maximum absolute atomic E-state index is 11.1. The summed E-state index contributed by atoms with van der Waals surface area (Å²) in [4.78, 5) is 22.0. The lowest BCUT2D eigenvalue weighted by Crippen LogP contribution is -2.33. The smallest absolute Gasteiger partial charge is 0.221 e. The number of nitrogens with one attached hydrogen (secondary N) is 1. The Morgan fingerprint density at radius 2 is 2.09 bits per heavy atom. The van der Waals surface area contributed by atoms with Gasteiger partial charge in [-0.1, -0.05) is 18.6 Å². The first-order valence-corrected chi connectivity index (χ1v) is 8.09. The Kier molecular flexibility index (Phi) is 4.98. The summed E-state index contributed by atoms with van der Waals surface area (Å²) in [6, 6.07) is 10.5. The molecule has 5 heteroatoms. The third-order valence-corrected chi connectivity index (χ3v) is 4.22. The van der Waals surface area contributed by atoms with Gasteiger partial charge < -0.3 is 5.32 Å². The molecule has 1 aliphatic rings. The van der Waals surface area contributed by atoms with Gasteiger partial charge in [-0.3, -0.25) is 9.69 Å². The van der Waals surface area contributed by atoms with E-state index in [-0.39, 0.29) is 5.91 Å². The lowest BCUT2D eigenvalue weighted by Gasteiger charge is -2.35. The first-order valence-electron chi connectivity index (χ1n) is 8.09. The maximum Gasteiger partial charge on any atom is 0.221 e. The first-order chi connectivity index (χ1) is 11.2. The van der Waals surface area contributed by atoms with Crippen molar-refractivity contribution in [3.63, 3.8) is 0 Å². The molecule has 1 fully saturated rings. The number of carbonyl (C=O) groups is 1. The van der Waals surface area contributed by atoms with Gasteiger partial charge in [-0.25, -0.2) is 9.97 Å². The molecule has 120 valence electrons. The predicted octanol–water partition coefficient (Wildman–Crippen LogP) is 3.16. The summed E-state index contributed by atoms with van der Waals surface area (Å²) in [5.41, 5.74) is 3.20. The van der Waals surface area contributed by atoms with E-state index in [0.29, 0.717) is 6.04 Å². The van der Waals surface area contributed by atoms with Crippen LogP contribution in [0.25, 0.3) is 0 Å². The molecular formula is C18H22N4O. The molecule has 0 radical (unpaired) electrons. The number of anilines is 1. The van der Waals surface area contributed by atoms with Gasteiger partial charge in [0, 0.05) is 25.4 Å². The van der Waals surface area contributed by atoms with Crippen molar-refractivity contribution in [2.24, 2.45) is 0 Å². The Bertz CT molecular complexity index is 642. The van der Waals surface area contributed by atoms with Crippen molar-refractivity contribution in [3.05, 3.63) is 54.1 Å². The van der Waals surface area contributed by atoms with Crippen molar-refractivity contribution in [1.29, 1.82) is 0 Å². The van der Waals surface area contributed by atoms with E-state index in [9.17, 15) is 4.79 Å². The Labute approximate surface area is 136 Å². The second-order valence-electron chi connectivity index (χ2n) is 5.99. The Hall–Kier alpha value is -2.27. The quantitative estimate of drug-likeness (QED) is 0.942. The van der Waals surface area contributed by atoms with Crippen molar-refractivity contribution >= 4 is 11.6 Å². The van der Waals surface area contributed by atoms with Gasteiger partial charge in [0.2, 0.25) is 5.91 Å². The van der Waals surface area contributed by atoms with Crippen LogP contribution < -0.4 is 5.32 Å². The van der Waals surface area contributed by atoms with E-state index in [4.69, 9.17) is 0 Å². The van der Waals surface area contributed by atoms with Gasteiger partial charge in [0.25, 0.3) is 0 Å². The van der Waals surface area contributed by atoms with Crippen LogP contribution >= 0.6 is 0 Å². The summed E-state index contributed by atoms with van der Waals surface area (Å²) in [7, 11) is 0. The molecule has 1 saturated heterocycles. The fourth-order valence-corrected chi connectivity index (χ4v) is 3.14. The van der Waals surface area contributed by atoms with Crippen molar-refractivity contribution in [3.8, 4) is 0 Å². The molecular weight excluding hydrogens is 288 g/mol. The van der Waals surface area contributed by atoms with Crippen molar-refractivity contribution in [2.45, 2.75) is 38.8 Å². The number of piperidine rings is 1. The molecule has 1 amide bonds. The molecule has 1 atom stereocenters. The normalized spacial score (nSPS) is 18.6. The second-order valence-corrected chi connectivity index (χ2v) is 5.99. The number of rotatable bonds is 4. The topological polar surface area (TPSA) is 58.1 Å². The largest absolute Gasteiger partial charge is 0.326 e. The number of likely N-dealkylation sites (tertiary alicyclic amines) is 1. The van der Waals surface area contributed by atoms with Crippen LogP contribution in [-0.4, -0.2) is 27.3 Å². The highest BCUT2D eigenvalue weighted by Gasteiger charge is 2.24. The van der Waals surface area contributed by atoms with Crippen molar-refractivity contribution < 1.29 is 4.79 Å². The molecule has 0 bridgehead atoms. The highest BCUT2D eigenvalue weighted by Crippen LogP contribution is 2.30. The number of carbonyl (C=O) groups excluding carboxylic acids is 1. The molecule has 1 aromatic heterocycles. The maximum atomic E-state index is 11.1. The summed E-state index contributed by atoms with van der Waals surface area (Å²) in [6.45, 7) is 3.51. The van der Waals surface area contributed by atoms with Crippen LogP contribution in [0.5, 0.6) is 0 Å². The Balaban J connectivity index is 1.71. The molecule has 2 aromatic rings. The molecule has 2 heterocycles. The molecule has 1 aromatic carbocycles. The van der Waals surface area contributed by atoms with Crippen LogP contribution in [0.15, 0.2) is 42.9 Å². The number of hydrogen-bond donors (Lipinski definition) is 1. The van der Waals surface area contributed by atoms with Gasteiger partial charge in [-0.2, -0.15) is 0 Å². The minimum atomic E-state index is -0.0439. The van der Waals surface area contributed by atoms with E-state index in [1.807, 2.05) is 24.4 Å². The number of aromatic nitrogens is 2. The zero-order valence-corrected chi connectivity index (χ0v) is 13.4. The average molecular weight is 310 g/mol. The molecule has 0 unspecified atom stereocenters. The molecule has 0 saturated carbocycles. The standard InChI is InChI=1S/C18H22N4O/c1-14(23)21-16-7-5-15(6-8-16)12-22-11-3-2-4-18(22)17-9-10-19-13-20-17/h5-10,13,18H,2-4,11-12H2,1H3,(H,21,23)/t18-/m0/s1. The average Bonchev–Trinajstić information content (AvgIpc) is 2.57. The predicted molar refractivity (Wildman–Crippen MR) is 89.8 cm³/mol. The number of nitrogens with zero attached hydrogens (tertiary/aromatic N) is 3. The van der Waals surface area contributed by atoms with E-state index in [1.165, 1.54) is 25.3 Å². The summed E-state index contributed by atoms with van der Waals surface area (Å²) in [5, 5.41) is 2.80. The second kappa shape index (κ2) is 7.33. The highest BCUT2D eigenvalue weighted by molar-refractivity contribution is 5.88. The molecule has 23 heavy (non-hydrogen) atoms. The Morgan fingerprint density at radius 1 is 1.26 bits per heavy atom. The summed E-state index contributed by atoms with van der Waals surface area (Å²) >= 11 is 0. The Morgan fingerprint density at radius 3 is 2.78 bits per heavy atom. The summed E-state index contributed by atoms with van der Waals surface area (Å²) < 4.78 is 0. The van der Waals surface area contributed by atoms with Crippen LogP contribution in [0.4, 0.5) is 5.69 Å². The monoisotopic (exact) mass is 310 g/mol. The molecule has 0 spiro atoms. The lowest BCUT2D eigenvalue weighted by molar-refractivity contribution is -0.114. The number of hydrogen-bond acceptors (Lipinski definition) is 4. The first kappa shape index (κ1) is 15.6. The van der Waals surface area contributed by atoms with E-state index < -0.39 is 0 Å². The summed E-state index contributed by atoms with van der Waals surface area (Å²) in [6.07, 6.45) is 7.06. The minimum absolute atomic E-state index is 0.0439. The van der Waals surface area contributed by atoms with Gasteiger partial charge in [0.15, 0.2) is 0 Å². The van der Waals surface area contributed by atoms with Gasteiger partial charge in [-0.05, 0) is 43.1 Å². The van der Waals surface area contributed by atoms with E-state index in [0.717, 1.165) is 30.9 Å². The van der Waals surface area contributed by atoms with Crippen LogP contribution in [0.2, 0.25) is 0 Å². The van der Waals surface area contributed by atoms with Crippen molar-refractivity contribution in [1.82, 2.24) is 14.9 Å². The van der Waals surface area contributed by atoms with E-state index >= 15 is 0 Å². The molecule has 3 rings (SSSR count). The van der Waals surface area contributed by atoms with E-state index in [1.54, 1.807) is 6.33 Å². The number of benzene rings is 1. The van der Waals surface area contributed by atoms with Gasteiger partial charge in [0.05, 0.1) is 11.7 Å². The number of amides is 1. The van der Waals surface area contributed by atoms with Crippen LogP contribution in [0, 0.1) is 0 Å². The van der Waals surface area contributed by atoms with Crippen LogP contribution in [0.3, 0.4) is 0 Å². The van der Waals surface area contributed by atoms with Crippen molar-refractivity contribution in [2.75, 3.05) is 11.9 Å². The fourth-order valence-electron chi connectivity index (χ4n) is 3.14. The van der Waals surface area contributed by atoms with E-state index in [2.05, 4.69) is 32.3 Å². The van der Waals surface area contributed by atoms with Crippen LogP contribution in [0.1, 0.15) is 43.5 Å². The third kappa shape index (κ3) is 4.13. The van der Waals surface area contributed by atoms with Gasteiger partial charge in [0.1, 0.15) is 6.33 Å². The zero-order valence-electron chi connectivity index (χ0n) is 13.4.